The van der Waals surface area contributed by atoms with Crippen molar-refractivity contribution in [3.63, 3.8) is 0 Å². The summed E-state index contributed by atoms with van der Waals surface area (Å²) in [4.78, 5) is 38.7. The molecule has 2 amide bonds. The van der Waals surface area contributed by atoms with Crippen LogP contribution in [0.2, 0.25) is 0 Å². The van der Waals surface area contributed by atoms with Gasteiger partial charge in [0, 0.05) is 24.7 Å². The zero-order valence-electron chi connectivity index (χ0n) is 19.0. The number of nitro groups is 1. The average Bonchev–Trinajstić information content (AvgIpc) is 2.77. The van der Waals surface area contributed by atoms with E-state index in [1.807, 2.05) is 39.0 Å². The Morgan fingerprint density at radius 2 is 1.88 bits per heavy atom. The zero-order valence-corrected chi connectivity index (χ0v) is 19.0. The van der Waals surface area contributed by atoms with Crippen molar-refractivity contribution < 1.29 is 19.2 Å². The Kier molecular flexibility index (Phi) is 9.19. The molecule has 0 spiro atoms. The monoisotopic (exact) mass is 441 g/mol. The highest BCUT2D eigenvalue weighted by Gasteiger charge is 2.30. The highest BCUT2D eigenvalue weighted by atomic mass is 16.6. The van der Waals surface area contributed by atoms with Crippen LogP contribution in [0.3, 0.4) is 0 Å². The first kappa shape index (κ1) is 24.8. The first-order valence-corrected chi connectivity index (χ1v) is 10.7. The molecule has 172 valence electrons. The smallest absolute Gasteiger partial charge is 0.273 e. The van der Waals surface area contributed by atoms with Crippen molar-refractivity contribution >= 4 is 17.5 Å². The Morgan fingerprint density at radius 1 is 1.16 bits per heavy atom. The number of hydrogen-bond acceptors (Lipinski definition) is 5. The topological polar surface area (TPSA) is 102 Å². The lowest BCUT2D eigenvalue weighted by Gasteiger charge is -2.31. The lowest BCUT2D eigenvalue weighted by molar-refractivity contribution is -0.385. The summed E-state index contributed by atoms with van der Waals surface area (Å²) in [5.41, 5.74) is 1.01. The number of nitrogens with zero attached hydrogens (tertiary/aromatic N) is 2. The van der Waals surface area contributed by atoms with Gasteiger partial charge in [-0.3, -0.25) is 19.7 Å². The summed E-state index contributed by atoms with van der Waals surface area (Å²) in [7, 11) is 1.56. The first-order chi connectivity index (χ1) is 15.3. The third-order valence-electron chi connectivity index (χ3n) is 5.09. The molecular formula is C24H31N3O5. The molecule has 0 fully saturated rings. The summed E-state index contributed by atoms with van der Waals surface area (Å²) < 4.78 is 5.28. The number of benzene rings is 2. The van der Waals surface area contributed by atoms with Crippen LogP contribution < -0.4 is 10.1 Å². The van der Waals surface area contributed by atoms with Gasteiger partial charge in [-0.15, -0.1) is 0 Å². The molecular weight excluding hydrogens is 410 g/mol. The number of nitro benzene ring substituents is 1. The fourth-order valence-corrected chi connectivity index (χ4v) is 3.41. The van der Waals surface area contributed by atoms with Crippen molar-refractivity contribution in [2.24, 2.45) is 5.92 Å². The minimum Gasteiger partial charge on any atom is -0.497 e. The van der Waals surface area contributed by atoms with E-state index < -0.39 is 11.0 Å². The molecule has 0 heterocycles. The number of para-hydroxylation sites is 1. The molecule has 1 N–H and O–H groups in total. The summed E-state index contributed by atoms with van der Waals surface area (Å²) in [5.74, 6) is 0.325. The van der Waals surface area contributed by atoms with E-state index in [4.69, 9.17) is 4.74 Å². The fraction of sp³-hybridized carbons (Fsp3) is 0.417. The maximum atomic E-state index is 13.4. The second kappa shape index (κ2) is 11.8. The van der Waals surface area contributed by atoms with Crippen LogP contribution in [0.4, 0.5) is 5.69 Å². The van der Waals surface area contributed by atoms with Crippen LogP contribution in [0.1, 0.15) is 38.3 Å². The van der Waals surface area contributed by atoms with Gasteiger partial charge >= 0.3 is 0 Å². The number of methoxy groups -OCH3 is 1. The maximum absolute atomic E-state index is 13.4. The second-order valence-electron chi connectivity index (χ2n) is 8.00. The predicted molar refractivity (Wildman–Crippen MR) is 122 cm³/mol. The van der Waals surface area contributed by atoms with Crippen molar-refractivity contribution in [3.8, 4) is 5.75 Å². The molecule has 2 aromatic rings. The molecule has 8 nitrogen and oxygen atoms in total. The Morgan fingerprint density at radius 3 is 2.50 bits per heavy atom. The Hall–Kier alpha value is -3.42. The summed E-state index contributed by atoms with van der Waals surface area (Å²) >= 11 is 0. The van der Waals surface area contributed by atoms with Gasteiger partial charge in [0.05, 0.1) is 18.5 Å². The van der Waals surface area contributed by atoms with Gasteiger partial charge in [-0.1, -0.05) is 51.1 Å². The van der Waals surface area contributed by atoms with Crippen LogP contribution in [0.25, 0.3) is 0 Å². The van der Waals surface area contributed by atoms with E-state index in [9.17, 15) is 19.7 Å². The van der Waals surface area contributed by atoms with Crippen LogP contribution in [-0.4, -0.2) is 41.3 Å². The molecule has 0 saturated heterocycles. The molecule has 8 heteroatoms. The SMILES string of the molecule is CC[C@@H](C(=O)NCC(C)C)N(Cc1cccc(OC)c1)C(=O)Cc1ccccc1[N+](=O)[O-]. The summed E-state index contributed by atoms with van der Waals surface area (Å²) in [6.45, 7) is 6.52. The van der Waals surface area contributed by atoms with Crippen LogP contribution in [-0.2, 0) is 22.6 Å². The fourth-order valence-electron chi connectivity index (χ4n) is 3.41. The minimum absolute atomic E-state index is 0.112. The number of amides is 2. The van der Waals surface area contributed by atoms with Gasteiger partial charge in [0.25, 0.3) is 5.69 Å². The molecule has 0 saturated carbocycles. The Labute approximate surface area is 188 Å². The maximum Gasteiger partial charge on any atom is 0.273 e. The van der Waals surface area contributed by atoms with E-state index in [0.29, 0.717) is 24.3 Å². The minimum atomic E-state index is -0.699. The quantitative estimate of drug-likeness (QED) is 0.423. The molecule has 0 aliphatic carbocycles. The van der Waals surface area contributed by atoms with Crippen LogP contribution in [0.15, 0.2) is 48.5 Å². The Balaban J connectivity index is 2.36. The highest BCUT2D eigenvalue weighted by Crippen LogP contribution is 2.22. The zero-order chi connectivity index (χ0) is 23.7. The summed E-state index contributed by atoms with van der Waals surface area (Å²) in [6, 6.07) is 12.8. The van der Waals surface area contributed by atoms with Gasteiger partial charge in [0.1, 0.15) is 11.8 Å². The van der Waals surface area contributed by atoms with Gasteiger partial charge in [-0.05, 0) is 30.0 Å². The molecule has 1 atom stereocenters. The number of carbonyl (C=O) groups excluding carboxylic acids is 2. The van der Waals surface area contributed by atoms with Crippen molar-refractivity contribution in [2.75, 3.05) is 13.7 Å². The molecule has 0 unspecified atom stereocenters. The number of carbonyl (C=O) groups is 2. The van der Waals surface area contributed by atoms with E-state index in [1.165, 1.54) is 11.0 Å². The Bertz CT molecular complexity index is 945. The third-order valence-corrected chi connectivity index (χ3v) is 5.09. The van der Waals surface area contributed by atoms with Crippen LogP contribution >= 0.6 is 0 Å². The lowest BCUT2D eigenvalue weighted by atomic mass is 10.0. The van der Waals surface area contributed by atoms with Crippen LogP contribution in [0, 0.1) is 16.0 Å². The number of rotatable bonds is 11. The van der Waals surface area contributed by atoms with Gasteiger partial charge in [0.15, 0.2) is 0 Å². The first-order valence-electron chi connectivity index (χ1n) is 10.7. The molecule has 0 bridgehead atoms. The number of hydrogen-bond donors (Lipinski definition) is 1. The van der Waals surface area contributed by atoms with Crippen molar-refractivity contribution in [2.45, 2.75) is 46.2 Å². The molecule has 0 aliphatic rings. The summed E-state index contributed by atoms with van der Waals surface area (Å²) in [6.07, 6.45) is 0.242. The van der Waals surface area contributed by atoms with Gasteiger partial charge < -0.3 is 15.0 Å². The largest absolute Gasteiger partial charge is 0.497 e. The van der Waals surface area contributed by atoms with Gasteiger partial charge in [0.2, 0.25) is 11.8 Å². The van der Waals surface area contributed by atoms with Crippen LogP contribution in [0.5, 0.6) is 5.75 Å². The van der Waals surface area contributed by atoms with E-state index in [-0.39, 0.29) is 36.4 Å². The van der Waals surface area contributed by atoms with Gasteiger partial charge in [-0.25, -0.2) is 0 Å². The van der Waals surface area contributed by atoms with E-state index in [1.54, 1.807) is 31.4 Å². The molecule has 2 rings (SSSR count). The molecule has 0 radical (unpaired) electrons. The summed E-state index contributed by atoms with van der Waals surface area (Å²) in [5, 5.41) is 14.3. The lowest BCUT2D eigenvalue weighted by Crippen LogP contribution is -2.50. The van der Waals surface area contributed by atoms with E-state index in [2.05, 4.69) is 5.32 Å². The standard InChI is InChI=1S/C24H31N3O5/c1-5-21(24(29)25-15-17(2)3)26(16-18-9-8-11-20(13-18)32-4)23(28)14-19-10-6-7-12-22(19)27(30)31/h6-13,17,21H,5,14-16H2,1-4H3,(H,25,29)/t21-/m0/s1. The second-order valence-corrected chi connectivity index (χ2v) is 8.00. The van der Waals surface area contributed by atoms with E-state index >= 15 is 0 Å². The molecule has 2 aromatic carbocycles. The average molecular weight is 442 g/mol. The van der Waals surface area contributed by atoms with Crippen molar-refractivity contribution in [1.82, 2.24) is 10.2 Å². The normalized spacial score (nSPS) is 11.7. The highest BCUT2D eigenvalue weighted by molar-refractivity contribution is 5.88. The number of nitrogens with one attached hydrogen (secondary N) is 1. The third kappa shape index (κ3) is 6.80. The molecule has 0 aliphatic heterocycles. The van der Waals surface area contributed by atoms with Crippen molar-refractivity contribution in [1.29, 1.82) is 0 Å². The molecule has 32 heavy (non-hydrogen) atoms. The predicted octanol–water partition coefficient (Wildman–Crippen LogP) is 3.73. The van der Waals surface area contributed by atoms with Gasteiger partial charge in [-0.2, -0.15) is 0 Å². The van der Waals surface area contributed by atoms with Crippen molar-refractivity contribution in [3.05, 3.63) is 69.8 Å². The molecule has 0 aromatic heterocycles. The van der Waals surface area contributed by atoms with E-state index in [0.717, 1.165) is 5.56 Å². The number of ether oxygens (including phenoxy) is 1.